The molecule has 4 aromatic rings. The molecule has 2 heterocycles. The number of allylic oxidation sites excluding steroid dienone is 1. The number of hydrogen-bond acceptors (Lipinski definition) is 6. The third kappa shape index (κ3) is 5.64. The largest absolute Gasteiger partial charge is 0.488 e. The number of carbonyl (C=O) groups is 1. The highest BCUT2D eigenvalue weighted by atomic mass is 79.9. The van der Waals surface area contributed by atoms with Gasteiger partial charge in [-0.2, -0.15) is 0 Å². The highest BCUT2D eigenvalue weighted by molar-refractivity contribution is 9.10. The van der Waals surface area contributed by atoms with Crippen LogP contribution in [0.3, 0.4) is 0 Å². The Labute approximate surface area is 242 Å². The zero-order valence-corrected chi connectivity index (χ0v) is 24.3. The van der Waals surface area contributed by atoms with E-state index in [2.05, 4.69) is 15.9 Å². The quantitative estimate of drug-likeness (QED) is 0.244. The lowest BCUT2D eigenvalue weighted by atomic mass is 9.95. The van der Waals surface area contributed by atoms with Crippen molar-refractivity contribution in [2.75, 3.05) is 7.11 Å². The van der Waals surface area contributed by atoms with Crippen molar-refractivity contribution in [3.63, 3.8) is 0 Å². The van der Waals surface area contributed by atoms with E-state index in [-0.39, 0.29) is 5.56 Å². The first kappa shape index (κ1) is 27.1. The summed E-state index contributed by atoms with van der Waals surface area (Å²) in [5.74, 6) is 0.194. The molecule has 0 fully saturated rings. The molecule has 0 spiro atoms. The second kappa shape index (κ2) is 11.7. The number of esters is 1. The number of hydrogen-bond donors (Lipinski definition) is 0. The van der Waals surface area contributed by atoms with Gasteiger partial charge in [0.1, 0.15) is 12.4 Å². The van der Waals surface area contributed by atoms with Crippen LogP contribution in [-0.2, 0) is 16.1 Å². The first-order chi connectivity index (χ1) is 18.9. The standard InChI is InChI=1S/C30H24BrClN2O4S/c1-3-23-26(29(36)37-2)27(20-7-5-4-6-8-20)34-28(35)25(39-30(34)33-23)16-19-11-14-24(22(31)15-19)38-17-18-9-12-21(32)13-10-18/h4-16,27H,3,17H2,1-2H3/b25-16-/t27-/m0/s1. The summed E-state index contributed by atoms with van der Waals surface area (Å²) in [7, 11) is 1.34. The minimum absolute atomic E-state index is 0.219. The van der Waals surface area contributed by atoms with Crippen molar-refractivity contribution in [2.24, 2.45) is 4.99 Å². The molecule has 0 radical (unpaired) electrons. The fourth-order valence-electron chi connectivity index (χ4n) is 4.43. The van der Waals surface area contributed by atoms with Crippen molar-refractivity contribution in [1.29, 1.82) is 0 Å². The maximum atomic E-state index is 13.7. The molecule has 0 saturated carbocycles. The molecule has 0 N–H and O–H groups in total. The zero-order valence-electron chi connectivity index (χ0n) is 21.2. The Morgan fingerprint density at radius 2 is 1.87 bits per heavy atom. The molecule has 1 aliphatic heterocycles. The average Bonchev–Trinajstić information content (AvgIpc) is 3.26. The maximum Gasteiger partial charge on any atom is 0.338 e. The average molecular weight is 624 g/mol. The van der Waals surface area contributed by atoms with Crippen LogP contribution >= 0.6 is 38.9 Å². The molecule has 0 saturated heterocycles. The first-order valence-electron chi connectivity index (χ1n) is 12.2. The summed E-state index contributed by atoms with van der Waals surface area (Å²) in [6.07, 6.45) is 2.36. The smallest absolute Gasteiger partial charge is 0.338 e. The SMILES string of the molecule is CCC1=C(C(=O)OC)[C@H](c2ccccc2)n2c(s/c(=C\c3ccc(OCc4ccc(Cl)cc4)c(Br)c3)c2=O)=N1. The van der Waals surface area contributed by atoms with E-state index in [1.165, 1.54) is 18.4 Å². The van der Waals surface area contributed by atoms with E-state index in [9.17, 15) is 9.59 Å². The summed E-state index contributed by atoms with van der Waals surface area (Å²) in [5, 5.41) is 0.678. The van der Waals surface area contributed by atoms with Crippen molar-refractivity contribution in [3.05, 3.63) is 130 Å². The van der Waals surface area contributed by atoms with Gasteiger partial charge in [-0.25, -0.2) is 9.79 Å². The molecule has 39 heavy (non-hydrogen) atoms. The minimum Gasteiger partial charge on any atom is -0.488 e. The van der Waals surface area contributed by atoms with Crippen LogP contribution in [0.4, 0.5) is 0 Å². The van der Waals surface area contributed by atoms with Gasteiger partial charge in [0, 0.05) is 5.02 Å². The van der Waals surface area contributed by atoms with Crippen LogP contribution in [-0.4, -0.2) is 17.6 Å². The van der Waals surface area contributed by atoms with Gasteiger partial charge in [-0.05, 0) is 69.4 Å². The van der Waals surface area contributed by atoms with Gasteiger partial charge in [-0.3, -0.25) is 9.36 Å². The van der Waals surface area contributed by atoms with Crippen molar-refractivity contribution < 1.29 is 14.3 Å². The van der Waals surface area contributed by atoms with Crippen LogP contribution in [0.2, 0.25) is 5.02 Å². The number of benzene rings is 3. The monoisotopic (exact) mass is 622 g/mol. The normalized spacial score (nSPS) is 15.1. The number of nitrogens with zero attached hydrogens (tertiary/aromatic N) is 2. The van der Waals surface area contributed by atoms with Gasteiger partial charge < -0.3 is 9.47 Å². The number of aromatic nitrogens is 1. The van der Waals surface area contributed by atoms with Crippen molar-refractivity contribution in [2.45, 2.75) is 26.0 Å². The molecule has 6 nitrogen and oxygen atoms in total. The Balaban J connectivity index is 1.53. The molecule has 0 unspecified atom stereocenters. The molecular weight excluding hydrogens is 600 g/mol. The van der Waals surface area contributed by atoms with E-state index >= 15 is 0 Å². The molecular formula is C30H24BrClN2O4S. The number of halogens is 2. The highest BCUT2D eigenvalue weighted by Gasteiger charge is 2.33. The van der Waals surface area contributed by atoms with Gasteiger partial charge in [0.2, 0.25) is 0 Å². The summed E-state index contributed by atoms with van der Waals surface area (Å²) < 4.78 is 13.9. The number of carbonyl (C=O) groups excluding carboxylic acids is 1. The number of ether oxygens (including phenoxy) is 2. The van der Waals surface area contributed by atoms with Crippen LogP contribution in [0.25, 0.3) is 6.08 Å². The lowest BCUT2D eigenvalue weighted by molar-refractivity contribution is -0.136. The first-order valence-corrected chi connectivity index (χ1v) is 14.2. The van der Waals surface area contributed by atoms with E-state index in [0.29, 0.717) is 44.4 Å². The van der Waals surface area contributed by atoms with E-state index in [1.54, 1.807) is 4.57 Å². The number of thiazole rings is 1. The second-order valence-corrected chi connectivity index (χ2v) is 11.1. The van der Waals surface area contributed by atoms with Gasteiger partial charge in [0.05, 0.1) is 33.4 Å². The van der Waals surface area contributed by atoms with E-state index in [0.717, 1.165) is 21.2 Å². The molecule has 1 atom stereocenters. The van der Waals surface area contributed by atoms with E-state index in [1.807, 2.05) is 85.8 Å². The predicted octanol–water partition coefficient (Wildman–Crippen LogP) is 5.79. The zero-order chi connectivity index (χ0) is 27.5. The Kier molecular flexibility index (Phi) is 8.16. The van der Waals surface area contributed by atoms with Crippen LogP contribution in [0.15, 0.2) is 98.3 Å². The Bertz CT molecular complexity index is 1740. The van der Waals surface area contributed by atoms with Crippen LogP contribution in [0.1, 0.15) is 36.1 Å². The highest BCUT2D eigenvalue weighted by Crippen LogP contribution is 2.32. The molecule has 198 valence electrons. The summed E-state index contributed by atoms with van der Waals surface area (Å²) in [6, 6.07) is 22.0. The molecule has 3 aromatic carbocycles. The molecule has 5 rings (SSSR count). The fraction of sp³-hybridized carbons (Fsp3) is 0.167. The fourth-order valence-corrected chi connectivity index (χ4v) is 6.09. The van der Waals surface area contributed by atoms with Gasteiger partial charge in [0.15, 0.2) is 4.80 Å². The topological polar surface area (TPSA) is 69.9 Å². The summed E-state index contributed by atoms with van der Waals surface area (Å²) >= 11 is 10.8. The van der Waals surface area contributed by atoms with Gasteiger partial charge >= 0.3 is 5.97 Å². The lowest BCUT2D eigenvalue weighted by Crippen LogP contribution is -2.40. The van der Waals surface area contributed by atoms with Crippen LogP contribution in [0, 0.1) is 0 Å². The number of fused-ring (bicyclic) bond motifs is 1. The molecule has 0 amide bonds. The number of methoxy groups -OCH3 is 1. The molecule has 0 aliphatic carbocycles. The summed E-state index contributed by atoms with van der Waals surface area (Å²) in [6.45, 7) is 2.34. The van der Waals surface area contributed by atoms with E-state index < -0.39 is 12.0 Å². The Morgan fingerprint density at radius 1 is 1.13 bits per heavy atom. The van der Waals surface area contributed by atoms with Crippen LogP contribution in [0.5, 0.6) is 5.75 Å². The predicted molar refractivity (Wildman–Crippen MR) is 157 cm³/mol. The van der Waals surface area contributed by atoms with Crippen molar-refractivity contribution in [1.82, 2.24) is 4.57 Å². The third-order valence-corrected chi connectivity index (χ3v) is 8.18. The third-order valence-electron chi connectivity index (χ3n) is 6.33. The molecule has 1 aliphatic rings. The second-order valence-electron chi connectivity index (χ2n) is 8.80. The Morgan fingerprint density at radius 3 is 2.54 bits per heavy atom. The summed E-state index contributed by atoms with van der Waals surface area (Å²) in [5.41, 5.74) is 3.43. The molecule has 9 heteroatoms. The lowest BCUT2D eigenvalue weighted by Gasteiger charge is -2.25. The minimum atomic E-state index is -0.623. The van der Waals surface area contributed by atoms with Gasteiger partial charge in [-0.15, -0.1) is 0 Å². The number of rotatable bonds is 7. The molecule has 0 bridgehead atoms. The Hall–Kier alpha value is -3.46. The maximum absolute atomic E-state index is 13.7. The molecule has 1 aromatic heterocycles. The van der Waals surface area contributed by atoms with Crippen molar-refractivity contribution >= 4 is 50.9 Å². The van der Waals surface area contributed by atoms with Gasteiger partial charge in [0.25, 0.3) is 5.56 Å². The van der Waals surface area contributed by atoms with E-state index in [4.69, 9.17) is 26.1 Å². The van der Waals surface area contributed by atoms with Gasteiger partial charge in [-0.1, -0.05) is 78.4 Å². The summed E-state index contributed by atoms with van der Waals surface area (Å²) in [4.78, 5) is 31.9. The van der Waals surface area contributed by atoms with Crippen molar-refractivity contribution in [3.8, 4) is 5.75 Å². The van der Waals surface area contributed by atoms with Crippen LogP contribution < -0.4 is 19.6 Å².